The highest BCUT2D eigenvalue weighted by molar-refractivity contribution is 9.10. The molecule has 3 aromatic rings. The van der Waals surface area contributed by atoms with Gasteiger partial charge in [-0.2, -0.15) is 0 Å². The Morgan fingerprint density at radius 1 is 0.881 bits per heavy atom. The van der Waals surface area contributed by atoms with Crippen molar-refractivity contribution in [3.05, 3.63) is 85.0 Å². The number of imide groups is 1. The van der Waals surface area contributed by atoms with Crippen molar-refractivity contribution in [2.24, 2.45) is 4.99 Å². The molecule has 0 bridgehead atoms. The topological polar surface area (TPSA) is 56.2 Å². The van der Waals surface area contributed by atoms with Crippen LogP contribution in [-0.2, 0) is 4.79 Å². The first-order valence-electron chi connectivity index (χ1n) is 11.3. The second kappa shape index (κ2) is 12.9. The molecule has 1 aliphatic heterocycles. The summed E-state index contributed by atoms with van der Waals surface area (Å²) >= 11 is 43.3. The number of halogens is 11. The van der Waals surface area contributed by atoms with Gasteiger partial charge in [0.25, 0.3) is 5.91 Å². The number of rotatable bonds is 6. The lowest BCUT2D eigenvalue weighted by Gasteiger charge is -2.37. The van der Waals surface area contributed by atoms with Crippen LogP contribution in [0, 0.1) is 17.5 Å². The Kier molecular flexibility index (Phi) is 10.3. The summed E-state index contributed by atoms with van der Waals surface area (Å²) < 4.78 is 43.7. The van der Waals surface area contributed by atoms with Crippen LogP contribution in [0.25, 0.3) is 0 Å². The second-order valence-electron chi connectivity index (χ2n) is 8.50. The number of carbonyl (C=O) groups is 2. The molecule has 3 aromatic carbocycles. The Labute approximate surface area is 284 Å². The number of amides is 3. The fourth-order valence-corrected chi connectivity index (χ4v) is 5.37. The van der Waals surface area contributed by atoms with Gasteiger partial charge in [0, 0.05) is 7.05 Å². The zero-order chi connectivity index (χ0) is 31.3. The Morgan fingerprint density at radius 3 is 1.86 bits per heavy atom. The third kappa shape index (κ3) is 6.21. The molecule has 1 saturated heterocycles. The van der Waals surface area contributed by atoms with Gasteiger partial charge in [0.1, 0.15) is 17.4 Å². The molecular formula is C25H13Br2Cl6F3N4O2. The molecule has 2 atom stereocenters. The van der Waals surface area contributed by atoms with Crippen LogP contribution in [0.15, 0.2) is 62.5 Å². The van der Waals surface area contributed by atoms with Crippen LogP contribution in [0.5, 0.6) is 0 Å². The molecular weight excluding hydrogens is 818 g/mol. The van der Waals surface area contributed by atoms with Gasteiger partial charge in [0.05, 0.1) is 36.1 Å². The van der Waals surface area contributed by atoms with Crippen molar-refractivity contribution in [3.8, 4) is 0 Å². The van der Waals surface area contributed by atoms with Gasteiger partial charge in [-0.3, -0.25) is 9.69 Å². The highest BCUT2D eigenvalue weighted by atomic mass is 79.9. The number of para-hydroxylation sites is 1. The van der Waals surface area contributed by atoms with Crippen LogP contribution in [-0.4, -0.2) is 45.1 Å². The van der Waals surface area contributed by atoms with Crippen LogP contribution in [0.2, 0.25) is 10.0 Å². The summed E-state index contributed by atoms with van der Waals surface area (Å²) in [4.78, 5) is 33.0. The molecule has 0 saturated carbocycles. The minimum atomic E-state index is -2.38. The summed E-state index contributed by atoms with van der Waals surface area (Å²) in [6, 6.07) is 8.99. The molecule has 0 aromatic heterocycles. The Balaban J connectivity index is 2.09. The summed E-state index contributed by atoms with van der Waals surface area (Å²) in [6.45, 7) is 0. The molecule has 17 heteroatoms. The van der Waals surface area contributed by atoms with Gasteiger partial charge in [0.15, 0.2) is 11.6 Å². The van der Waals surface area contributed by atoms with Gasteiger partial charge in [-0.1, -0.05) is 70.1 Å². The minimum absolute atomic E-state index is 0.0375. The van der Waals surface area contributed by atoms with Gasteiger partial charge in [-0.25, -0.2) is 27.9 Å². The summed E-state index contributed by atoms with van der Waals surface area (Å²) in [5.74, 6) is -4.58. The van der Waals surface area contributed by atoms with Crippen molar-refractivity contribution in [1.82, 2.24) is 4.90 Å². The van der Waals surface area contributed by atoms with E-state index in [2.05, 4.69) is 36.9 Å². The average molecular weight is 831 g/mol. The molecule has 222 valence electrons. The lowest BCUT2D eigenvalue weighted by molar-refractivity contribution is -0.119. The Hall–Kier alpha value is -1.44. The van der Waals surface area contributed by atoms with E-state index in [1.807, 2.05) is 0 Å². The molecule has 2 unspecified atom stereocenters. The maximum atomic E-state index is 15.8. The van der Waals surface area contributed by atoms with Crippen molar-refractivity contribution < 1.29 is 22.8 Å². The van der Waals surface area contributed by atoms with Crippen molar-refractivity contribution in [2.45, 2.75) is 15.3 Å². The van der Waals surface area contributed by atoms with Gasteiger partial charge < -0.3 is 4.90 Å². The number of hydrogen-bond donors (Lipinski definition) is 0. The van der Waals surface area contributed by atoms with Gasteiger partial charge in [-0.15, -0.1) is 11.6 Å². The molecule has 0 spiro atoms. The van der Waals surface area contributed by atoms with E-state index in [0.29, 0.717) is 9.80 Å². The molecule has 0 N–H and O–H groups in total. The fourth-order valence-electron chi connectivity index (χ4n) is 3.90. The third-order valence-electron chi connectivity index (χ3n) is 5.92. The van der Waals surface area contributed by atoms with E-state index in [9.17, 15) is 14.0 Å². The lowest BCUT2D eigenvalue weighted by Crippen LogP contribution is -2.46. The fraction of sp³-hybridized carbons (Fsp3) is 0.160. The number of likely N-dealkylation sites (N-methyl/N-ethyl adjacent to an activating group) is 1. The molecule has 0 aliphatic carbocycles. The monoisotopic (exact) mass is 826 g/mol. The molecule has 1 fully saturated rings. The average Bonchev–Trinajstić information content (AvgIpc) is 3.14. The minimum Gasteiger partial charge on any atom is -0.312 e. The molecule has 3 amide bonds. The number of urea groups is 1. The highest BCUT2D eigenvalue weighted by Crippen LogP contribution is 2.45. The number of aliphatic imine (C=N–C) groups is 1. The number of carbonyl (C=O) groups excluding carboxylic acids is 2. The predicted octanol–water partition coefficient (Wildman–Crippen LogP) is 9.87. The largest absolute Gasteiger partial charge is 0.337 e. The first-order valence-corrected chi connectivity index (χ1v) is 15.2. The van der Waals surface area contributed by atoms with Crippen LogP contribution >= 0.6 is 101 Å². The van der Waals surface area contributed by atoms with Crippen LogP contribution in [0.3, 0.4) is 0 Å². The standard InChI is InChI=1S/C25H13Br2Cl6F3N4O2/c1-38-23(41)22(40(24(38)42)13-5-3-2-4-12(13)34)37-21(20(30)25(31,32)33)39(14-8-6-10(28)16(26)18(14)35)15-9-7-11(29)17(27)19(15)36/h2-9,20-21H,1H3/b37-22+. The number of nitrogens with zero attached hydrogens (tertiary/aromatic N) is 4. The van der Waals surface area contributed by atoms with Crippen molar-refractivity contribution in [2.75, 3.05) is 16.8 Å². The Bertz CT molecular complexity index is 1570. The third-order valence-corrected chi connectivity index (χ3v) is 10.2. The van der Waals surface area contributed by atoms with E-state index in [1.165, 1.54) is 42.5 Å². The zero-order valence-electron chi connectivity index (χ0n) is 20.5. The van der Waals surface area contributed by atoms with E-state index < -0.39 is 61.9 Å². The van der Waals surface area contributed by atoms with Crippen LogP contribution in [0.1, 0.15) is 0 Å². The maximum Gasteiger partial charge on any atom is 0.337 e. The van der Waals surface area contributed by atoms with Gasteiger partial charge in [-0.05, 0) is 68.3 Å². The quantitative estimate of drug-likeness (QED) is 0.141. The first kappa shape index (κ1) is 33.5. The lowest BCUT2D eigenvalue weighted by atomic mass is 10.1. The number of anilines is 3. The highest BCUT2D eigenvalue weighted by Gasteiger charge is 2.47. The van der Waals surface area contributed by atoms with E-state index in [0.717, 1.165) is 18.0 Å². The van der Waals surface area contributed by atoms with Crippen molar-refractivity contribution in [1.29, 1.82) is 0 Å². The Morgan fingerprint density at radius 2 is 1.38 bits per heavy atom. The van der Waals surface area contributed by atoms with E-state index >= 15 is 8.78 Å². The van der Waals surface area contributed by atoms with E-state index in [-0.39, 0.29) is 24.7 Å². The number of hydrogen-bond acceptors (Lipinski definition) is 4. The first-order chi connectivity index (χ1) is 19.6. The molecule has 1 heterocycles. The summed E-state index contributed by atoms with van der Waals surface area (Å²) in [5, 5.41) is -1.84. The molecule has 1 aliphatic rings. The maximum absolute atomic E-state index is 15.8. The molecule has 6 nitrogen and oxygen atoms in total. The van der Waals surface area contributed by atoms with E-state index in [4.69, 9.17) is 69.6 Å². The smallest absolute Gasteiger partial charge is 0.312 e. The van der Waals surface area contributed by atoms with Gasteiger partial charge in [0.2, 0.25) is 9.63 Å². The number of benzene rings is 3. The predicted molar refractivity (Wildman–Crippen MR) is 169 cm³/mol. The summed E-state index contributed by atoms with van der Waals surface area (Å²) in [6.07, 6.45) is -1.85. The summed E-state index contributed by atoms with van der Waals surface area (Å²) in [7, 11) is 1.13. The second-order valence-corrected chi connectivity index (χ2v) is 13.7. The molecule has 4 rings (SSSR count). The van der Waals surface area contributed by atoms with Crippen LogP contribution < -0.4 is 9.80 Å². The SMILES string of the molecule is CN1C(=O)/C(=N\C(C(Cl)C(Cl)(Cl)Cl)N(c2ccc(Cl)c(Br)c2F)c2ccc(Cl)c(Br)c2F)N(c2ccccc2F)C1=O. The number of alkyl halides is 4. The van der Waals surface area contributed by atoms with Gasteiger partial charge >= 0.3 is 6.03 Å². The number of amidine groups is 1. The van der Waals surface area contributed by atoms with Crippen molar-refractivity contribution >= 4 is 136 Å². The van der Waals surface area contributed by atoms with Crippen LogP contribution in [0.4, 0.5) is 35.0 Å². The molecule has 0 radical (unpaired) electrons. The summed E-state index contributed by atoms with van der Waals surface area (Å²) in [5.41, 5.74) is -1.13. The zero-order valence-corrected chi connectivity index (χ0v) is 28.2. The van der Waals surface area contributed by atoms with E-state index in [1.54, 1.807) is 0 Å². The van der Waals surface area contributed by atoms with Crippen molar-refractivity contribution in [3.63, 3.8) is 0 Å². The molecule has 42 heavy (non-hydrogen) atoms. The normalized spacial score (nSPS) is 16.4.